The van der Waals surface area contributed by atoms with Crippen LogP contribution in [-0.4, -0.2) is 18.8 Å². The molecule has 1 unspecified atom stereocenters. The fraction of sp³-hybridized carbons (Fsp3) is 0.625. The molecule has 0 saturated heterocycles. The summed E-state index contributed by atoms with van der Waals surface area (Å²) in [5.74, 6) is -1.50. The van der Waals surface area contributed by atoms with Gasteiger partial charge in [0.2, 0.25) is 0 Å². The Labute approximate surface area is 74.4 Å². The van der Waals surface area contributed by atoms with Gasteiger partial charge in [-0.25, -0.2) is 0 Å². The van der Waals surface area contributed by atoms with Crippen molar-refractivity contribution in [3.63, 3.8) is 0 Å². The molecule has 1 atom stereocenters. The maximum Gasteiger partial charge on any atom is 0.422 e. The number of carbonyl (C=O) groups excluding carboxylic acids is 1. The number of rotatable bonds is 3. The molecule has 0 aliphatic rings. The predicted octanol–water partition coefficient (Wildman–Crippen LogP) is 2.30. The molecule has 13 heavy (non-hydrogen) atoms. The highest BCUT2D eigenvalue weighted by Crippen LogP contribution is 2.15. The second-order valence-electron chi connectivity index (χ2n) is 2.54. The summed E-state index contributed by atoms with van der Waals surface area (Å²) in [7, 11) is 0. The van der Waals surface area contributed by atoms with E-state index in [9.17, 15) is 18.0 Å². The summed E-state index contributed by atoms with van der Waals surface area (Å²) < 4.78 is 38.7. The molecule has 0 fully saturated rings. The monoisotopic (exact) mass is 196 g/mol. The molecular weight excluding hydrogens is 185 g/mol. The molecule has 5 heteroatoms. The van der Waals surface area contributed by atoms with Crippen LogP contribution in [0.25, 0.3) is 0 Å². The van der Waals surface area contributed by atoms with Crippen LogP contribution in [0.2, 0.25) is 0 Å². The van der Waals surface area contributed by atoms with E-state index < -0.39 is 24.7 Å². The number of esters is 1. The standard InChI is InChI=1S/C8H11F3O2/c1-3-4-6(2)7(12)13-5-8(9,10)11/h3-4,6H,5H2,1-2H3/b4-3-. The minimum atomic E-state index is -4.45. The lowest BCUT2D eigenvalue weighted by Gasteiger charge is -2.09. The molecule has 76 valence electrons. The molecule has 0 N–H and O–H groups in total. The summed E-state index contributed by atoms with van der Waals surface area (Å²) in [5.41, 5.74) is 0. The molecule has 0 aliphatic heterocycles. The first-order valence-corrected chi connectivity index (χ1v) is 3.73. The predicted molar refractivity (Wildman–Crippen MR) is 41.0 cm³/mol. The first kappa shape index (κ1) is 12.0. The maximum absolute atomic E-state index is 11.6. The number of hydrogen-bond acceptors (Lipinski definition) is 2. The number of alkyl halides is 3. The van der Waals surface area contributed by atoms with E-state index in [4.69, 9.17) is 0 Å². The van der Waals surface area contributed by atoms with Crippen LogP contribution in [0.15, 0.2) is 12.2 Å². The molecule has 0 heterocycles. The van der Waals surface area contributed by atoms with Gasteiger partial charge in [-0.05, 0) is 13.8 Å². The quantitative estimate of drug-likeness (QED) is 0.511. The minimum absolute atomic E-state index is 0.632. The lowest BCUT2D eigenvalue weighted by Crippen LogP contribution is -2.23. The molecule has 0 aromatic rings. The van der Waals surface area contributed by atoms with Gasteiger partial charge in [-0.2, -0.15) is 13.2 Å². The van der Waals surface area contributed by atoms with E-state index in [0.29, 0.717) is 0 Å². The summed E-state index contributed by atoms with van der Waals surface area (Å²) in [6.45, 7) is 1.62. The van der Waals surface area contributed by atoms with Crippen LogP contribution in [0.1, 0.15) is 13.8 Å². The number of ether oxygens (including phenoxy) is 1. The lowest BCUT2D eigenvalue weighted by molar-refractivity contribution is -0.187. The van der Waals surface area contributed by atoms with Crippen molar-refractivity contribution in [3.05, 3.63) is 12.2 Å². The fourth-order valence-corrected chi connectivity index (χ4v) is 0.652. The summed E-state index contributed by atoms with van der Waals surface area (Å²) in [4.78, 5) is 10.8. The van der Waals surface area contributed by atoms with Crippen molar-refractivity contribution in [2.24, 2.45) is 5.92 Å². The molecule has 0 aromatic heterocycles. The van der Waals surface area contributed by atoms with E-state index in [1.54, 1.807) is 13.0 Å². The highest BCUT2D eigenvalue weighted by atomic mass is 19.4. The Hall–Kier alpha value is -1.00. The Bertz CT molecular complexity index is 196. The van der Waals surface area contributed by atoms with E-state index >= 15 is 0 Å². The Morgan fingerprint density at radius 3 is 2.46 bits per heavy atom. The van der Waals surface area contributed by atoms with Gasteiger partial charge in [-0.1, -0.05) is 12.2 Å². The number of halogens is 3. The van der Waals surface area contributed by atoms with Gasteiger partial charge in [0.1, 0.15) is 0 Å². The van der Waals surface area contributed by atoms with Crippen molar-refractivity contribution >= 4 is 5.97 Å². The molecule has 0 rings (SSSR count). The minimum Gasteiger partial charge on any atom is -0.456 e. The molecular formula is C8H11F3O2. The van der Waals surface area contributed by atoms with Gasteiger partial charge in [0, 0.05) is 0 Å². The molecule has 0 aromatic carbocycles. The smallest absolute Gasteiger partial charge is 0.422 e. The van der Waals surface area contributed by atoms with Crippen LogP contribution < -0.4 is 0 Å². The third-order valence-corrected chi connectivity index (χ3v) is 1.23. The van der Waals surface area contributed by atoms with Crippen molar-refractivity contribution in [1.82, 2.24) is 0 Å². The van der Waals surface area contributed by atoms with Gasteiger partial charge < -0.3 is 4.74 Å². The van der Waals surface area contributed by atoms with Crippen LogP contribution >= 0.6 is 0 Å². The van der Waals surface area contributed by atoms with E-state index in [-0.39, 0.29) is 0 Å². The lowest BCUT2D eigenvalue weighted by atomic mass is 10.2. The van der Waals surface area contributed by atoms with Gasteiger partial charge in [0.25, 0.3) is 0 Å². The second kappa shape index (κ2) is 4.89. The van der Waals surface area contributed by atoms with Crippen LogP contribution in [0, 0.1) is 5.92 Å². The zero-order chi connectivity index (χ0) is 10.5. The summed E-state index contributed by atoms with van der Waals surface area (Å²) in [5, 5.41) is 0. The zero-order valence-electron chi connectivity index (χ0n) is 7.39. The first-order valence-electron chi connectivity index (χ1n) is 3.73. The number of hydrogen-bond donors (Lipinski definition) is 0. The third-order valence-electron chi connectivity index (χ3n) is 1.23. The van der Waals surface area contributed by atoms with Crippen LogP contribution in [0.4, 0.5) is 13.2 Å². The van der Waals surface area contributed by atoms with E-state index in [0.717, 1.165) is 0 Å². The molecule has 0 bridgehead atoms. The summed E-state index contributed by atoms with van der Waals surface area (Å²) in [6, 6.07) is 0. The average Bonchev–Trinajstić information content (AvgIpc) is 1.99. The molecule has 0 saturated carbocycles. The number of allylic oxidation sites excluding steroid dienone is 1. The molecule has 0 aliphatic carbocycles. The first-order chi connectivity index (χ1) is 5.87. The van der Waals surface area contributed by atoms with Gasteiger partial charge in [-0.15, -0.1) is 0 Å². The van der Waals surface area contributed by atoms with Gasteiger partial charge in [0.15, 0.2) is 6.61 Å². The zero-order valence-corrected chi connectivity index (χ0v) is 7.39. The topological polar surface area (TPSA) is 26.3 Å². The summed E-state index contributed by atoms with van der Waals surface area (Å²) in [6.07, 6.45) is -1.40. The SMILES string of the molecule is C/C=C\C(C)C(=O)OCC(F)(F)F. The fourth-order valence-electron chi connectivity index (χ4n) is 0.652. The van der Waals surface area contributed by atoms with Crippen molar-refractivity contribution in [1.29, 1.82) is 0 Å². The van der Waals surface area contributed by atoms with E-state index in [1.165, 1.54) is 13.0 Å². The van der Waals surface area contributed by atoms with Crippen molar-refractivity contribution in [3.8, 4) is 0 Å². The average molecular weight is 196 g/mol. The Balaban J connectivity index is 3.88. The van der Waals surface area contributed by atoms with Gasteiger partial charge in [0.05, 0.1) is 5.92 Å². The molecule has 0 radical (unpaired) electrons. The van der Waals surface area contributed by atoms with Crippen molar-refractivity contribution in [2.45, 2.75) is 20.0 Å². The van der Waals surface area contributed by atoms with Gasteiger partial charge >= 0.3 is 12.1 Å². The van der Waals surface area contributed by atoms with E-state index in [2.05, 4.69) is 4.74 Å². The van der Waals surface area contributed by atoms with Crippen molar-refractivity contribution < 1.29 is 22.7 Å². The van der Waals surface area contributed by atoms with Crippen molar-refractivity contribution in [2.75, 3.05) is 6.61 Å². The molecule has 0 amide bonds. The van der Waals surface area contributed by atoms with Crippen LogP contribution in [0.5, 0.6) is 0 Å². The second-order valence-corrected chi connectivity index (χ2v) is 2.54. The highest BCUT2D eigenvalue weighted by molar-refractivity contribution is 5.73. The van der Waals surface area contributed by atoms with Crippen LogP contribution in [0.3, 0.4) is 0 Å². The largest absolute Gasteiger partial charge is 0.456 e. The molecule has 0 spiro atoms. The van der Waals surface area contributed by atoms with Crippen LogP contribution in [-0.2, 0) is 9.53 Å². The Morgan fingerprint density at radius 1 is 1.54 bits per heavy atom. The summed E-state index contributed by atoms with van der Waals surface area (Å²) >= 11 is 0. The number of carbonyl (C=O) groups is 1. The maximum atomic E-state index is 11.6. The van der Waals surface area contributed by atoms with E-state index in [1.807, 2.05) is 0 Å². The molecule has 2 nitrogen and oxygen atoms in total. The normalized spacial score (nSPS) is 14.5. The Morgan fingerprint density at radius 2 is 2.08 bits per heavy atom. The van der Waals surface area contributed by atoms with Gasteiger partial charge in [-0.3, -0.25) is 4.79 Å². The third kappa shape index (κ3) is 6.19. The Kier molecular flexibility index (Phi) is 4.51. The highest BCUT2D eigenvalue weighted by Gasteiger charge is 2.30.